The van der Waals surface area contributed by atoms with Crippen LogP contribution in [0.5, 0.6) is 11.6 Å². The number of hydrogen-bond donors (Lipinski definition) is 1. The van der Waals surface area contributed by atoms with Crippen molar-refractivity contribution in [3.8, 4) is 17.7 Å². The number of nitrogens with two attached hydrogens (primary N) is 1. The minimum atomic E-state index is -4.85. The fourth-order valence-electron chi connectivity index (χ4n) is 1.38. The predicted molar refractivity (Wildman–Crippen MR) is 54.7 cm³/mol. The monoisotopic (exact) mass is 261 g/mol. The minimum absolute atomic E-state index is 0.0572. The Morgan fingerprint density at radius 2 is 2.17 bits per heavy atom. The average Bonchev–Trinajstić information content (AvgIpc) is 2.26. The fourth-order valence-corrected chi connectivity index (χ4v) is 1.38. The summed E-state index contributed by atoms with van der Waals surface area (Å²) < 4.78 is 44.9. The zero-order valence-electron chi connectivity index (χ0n) is 9.41. The highest BCUT2D eigenvalue weighted by Crippen LogP contribution is 2.29. The number of hydrogen-bond acceptors (Lipinski definition) is 5. The molecular formula is C10H10F3N3O2. The van der Waals surface area contributed by atoms with Gasteiger partial charge in [-0.25, -0.2) is 4.98 Å². The number of pyridine rings is 1. The van der Waals surface area contributed by atoms with Crippen molar-refractivity contribution in [2.75, 3.05) is 7.11 Å². The quantitative estimate of drug-likeness (QED) is 0.888. The number of halogens is 3. The van der Waals surface area contributed by atoms with Crippen molar-refractivity contribution in [2.45, 2.75) is 19.3 Å². The second kappa shape index (κ2) is 5.55. The van der Waals surface area contributed by atoms with Crippen molar-refractivity contribution in [2.24, 2.45) is 5.73 Å². The molecule has 0 aromatic carbocycles. The lowest BCUT2D eigenvalue weighted by atomic mass is 10.1. The van der Waals surface area contributed by atoms with Gasteiger partial charge in [0.05, 0.1) is 19.6 Å². The highest BCUT2D eigenvalue weighted by molar-refractivity contribution is 5.42. The lowest BCUT2D eigenvalue weighted by Gasteiger charge is -2.14. The number of nitriles is 1. The van der Waals surface area contributed by atoms with Gasteiger partial charge in [-0.1, -0.05) is 0 Å². The van der Waals surface area contributed by atoms with E-state index in [4.69, 9.17) is 15.7 Å². The lowest BCUT2D eigenvalue weighted by molar-refractivity contribution is -0.276. The molecular weight excluding hydrogens is 251 g/mol. The van der Waals surface area contributed by atoms with Crippen LogP contribution in [0.25, 0.3) is 0 Å². The largest absolute Gasteiger partial charge is 0.574 e. The topological polar surface area (TPSA) is 81.2 Å². The zero-order valence-corrected chi connectivity index (χ0v) is 9.41. The van der Waals surface area contributed by atoms with E-state index in [-0.39, 0.29) is 30.0 Å². The Labute approximate surface area is 101 Å². The molecule has 18 heavy (non-hydrogen) atoms. The molecule has 0 aliphatic rings. The zero-order chi connectivity index (χ0) is 13.8. The van der Waals surface area contributed by atoms with Gasteiger partial charge in [0.15, 0.2) is 0 Å². The molecule has 0 unspecified atom stereocenters. The molecule has 8 heteroatoms. The van der Waals surface area contributed by atoms with E-state index in [0.717, 1.165) is 6.07 Å². The van der Waals surface area contributed by atoms with Crippen molar-refractivity contribution in [1.29, 1.82) is 5.26 Å². The molecule has 5 nitrogen and oxygen atoms in total. The summed E-state index contributed by atoms with van der Waals surface area (Å²) >= 11 is 0. The van der Waals surface area contributed by atoms with Crippen LogP contribution in [0.3, 0.4) is 0 Å². The van der Waals surface area contributed by atoms with Gasteiger partial charge >= 0.3 is 6.36 Å². The summed E-state index contributed by atoms with van der Waals surface area (Å²) in [4.78, 5) is 3.58. The number of aromatic nitrogens is 1. The molecule has 0 fully saturated rings. The molecule has 0 radical (unpaired) electrons. The molecule has 1 aromatic rings. The van der Waals surface area contributed by atoms with Gasteiger partial charge in [-0.05, 0) is 0 Å². The fraction of sp³-hybridized carbons (Fsp3) is 0.400. The SMILES string of the molecule is COc1c(CN)cc(OC(F)(F)F)nc1CC#N. The highest BCUT2D eigenvalue weighted by atomic mass is 19.4. The van der Waals surface area contributed by atoms with Crippen LogP contribution in [0.1, 0.15) is 11.3 Å². The van der Waals surface area contributed by atoms with Crippen LogP contribution in [-0.2, 0) is 13.0 Å². The van der Waals surface area contributed by atoms with Gasteiger partial charge in [0, 0.05) is 18.2 Å². The molecule has 0 saturated carbocycles. The molecule has 1 heterocycles. The number of methoxy groups -OCH3 is 1. The maximum absolute atomic E-state index is 12.1. The van der Waals surface area contributed by atoms with E-state index in [0.29, 0.717) is 0 Å². The smallest absolute Gasteiger partial charge is 0.494 e. The molecule has 1 aromatic heterocycles. The van der Waals surface area contributed by atoms with Crippen LogP contribution in [0.2, 0.25) is 0 Å². The summed E-state index contributed by atoms with van der Waals surface area (Å²) in [6.45, 7) is -0.0572. The maximum Gasteiger partial charge on any atom is 0.574 e. The third-order valence-electron chi connectivity index (χ3n) is 1.99. The Hall–Kier alpha value is -2.01. The number of alkyl halides is 3. The number of rotatable bonds is 4. The normalized spacial score (nSPS) is 10.9. The maximum atomic E-state index is 12.1. The summed E-state index contributed by atoms with van der Waals surface area (Å²) in [6, 6.07) is 2.81. The molecule has 0 spiro atoms. The summed E-state index contributed by atoms with van der Waals surface area (Å²) in [5.41, 5.74) is 5.74. The van der Waals surface area contributed by atoms with Crippen LogP contribution in [0.4, 0.5) is 13.2 Å². The third-order valence-corrected chi connectivity index (χ3v) is 1.99. The molecule has 0 aliphatic heterocycles. The number of nitrogens with zero attached hydrogens (tertiary/aromatic N) is 2. The van der Waals surface area contributed by atoms with Gasteiger partial charge in [-0.3, -0.25) is 0 Å². The standard InChI is InChI=1S/C10H10F3N3O2/c1-17-9-6(5-15)4-8(18-10(11,12)13)16-7(9)2-3-14/h4H,2,5,15H2,1H3. The van der Waals surface area contributed by atoms with E-state index in [9.17, 15) is 13.2 Å². The Kier molecular flexibility index (Phi) is 4.33. The van der Waals surface area contributed by atoms with Gasteiger partial charge in [0.25, 0.3) is 0 Å². The Bertz CT molecular complexity index is 469. The lowest BCUT2D eigenvalue weighted by Crippen LogP contribution is -2.19. The van der Waals surface area contributed by atoms with Gasteiger partial charge < -0.3 is 15.2 Å². The van der Waals surface area contributed by atoms with Crippen molar-refractivity contribution >= 4 is 0 Å². The number of ether oxygens (including phenoxy) is 2. The van der Waals surface area contributed by atoms with Gasteiger partial charge in [-0.15, -0.1) is 13.2 Å². The van der Waals surface area contributed by atoms with Crippen LogP contribution < -0.4 is 15.2 Å². The molecule has 0 saturated heterocycles. The Morgan fingerprint density at radius 3 is 2.61 bits per heavy atom. The van der Waals surface area contributed by atoms with Crippen molar-refractivity contribution in [1.82, 2.24) is 4.98 Å². The van der Waals surface area contributed by atoms with Gasteiger partial charge in [0.1, 0.15) is 11.4 Å². The first-order valence-electron chi connectivity index (χ1n) is 4.80. The molecule has 0 bridgehead atoms. The second-order valence-electron chi connectivity index (χ2n) is 3.19. The molecule has 0 atom stereocenters. The second-order valence-corrected chi connectivity index (χ2v) is 3.19. The predicted octanol–water partition coefficient (Wildman–Crippen LogP) is 1.51. The average molecular weight is 261 g/mol. The first-order chi connectivity index (χ1) is 8.41. The van der Waals surface area contributed by atoms with Crippen LogP contribution in [0, 0.1) is 11.3 Å². The molecule has 2 N–H and O–H groups in total. The van der Waals surface area contributed by atoms with Gasteiger partial charge in [0.2, 0.25) is 5.88 Å². The molecule has 98 valence electrons. The summed E-state index contributed by atoms with van der Waals surface area (Å²) in [6.07, 6.45) is -5.05. The van der Waals surface area contributed by atoms with Crippen molar-refractivity contribution in [3.63, 3.8) is 0 Å². The van der Waals surface area contributed by atoms with E-state index in [2.05, 4.69) is 9.72 Å². The van der Waals surface area contributed by atoms with Gasteiger partial charge in [-0.2, -0.15) is 5.26 Å². The van der Waals surface area contributed by atoms with Crippen LogP contribution >= 0.6 is 0 Å². The highest BCUT2D eigenvalue weighted by Gasteiger charge is 2.32. The first kappa shape index (κ1) is 14.1. The summed E-state index contributed by atoms with van der Waals surface area (Å²) in [5.74, 6) is -0.456. The third kappa shape index (κ3) is 3.49. The van der Waals surface area contributed by atoms with E-state index < -0.39 is 12.2 Å². The van der Waals surface area contributed by atoms with Crippen LogP contribution in [0.15, 0.2) is 6.07 Å². The summed E-state index contributed by atoms with van der Waals surface area (Å²) in [7, 11) is 1.32. The Balaban J connectivity index is 3.23. The van der Waals surface area contributed by atoms with E-state index in [1.165, 1.54) is 7.11 Å². The van der Waals surface area contributed by atoms with E-state index in [1.54, 1.807) is 6.07 Å². The molecule has 0 amide bonds. The van der Waals surface area contributed by atoms with E-state index >= 15 is 0 Å². The minimum Gasteiger partial charge on any atom is -0.494 e. The van der Waals surface area contributed by atoms with Crippen molar-refractivity contribution < 1.29 is 22.6 Å². The van der Waals surface area contributed by atoms with Crippen molar-refractivity contribution in [3.05, 3.63) is 17.3 Å². The van der Waals surface area contributed by atoms with E-state index in [1.807, 2.05) is 0 Å². The summed E-state index contributed by atoms with van der Waals surface area (Å²) in [5, 5.41) is 8.59. The molecule has 0 aliphatic carbocycles. The Morgan fingerprint density at radius 1 is 1.50 bits per heavy atom. The van der Waals surface area contributed by atoms with Crippen LogP contribution in [-0.4, -0.2) is 18.5 Å². The first-order valence-corrected chi connectivity index (χ1v) is 4.80. The molecule has 1 rings (SSSR count).